The molecule has 0 aromatic rings. The highest BCUT2D eigenvalue weighted by Crippen LogP contribution is 2.12. The van der Waals surface area contributed by atoms with Crippen molar-refractivity contribution in [2.45, 2.75) is 161 Å². The molecule has 44 heavy (non-hydrogen) atoms. The predicted octanol–water partition coefficient (Wildman–Crippen LogP) is 9.73. The summed E-state index contributed by atoms with van der Waals surface area (Å²) in [5, 5.41) is 13.1. The number of hydrogen-bond acceptors (Lipinski definition) is 4. The number of allylic oxidation sites excluding steroid dienone is 9. The van der Waals surface area contributed by atoms with Crippen molar-refractivity contribution in [3.63, 3.8) is 0 Å². The van der Waals surface area contributed by atoms with E-state index in [0.29, 0.717) is 6.42 Å². The van der Waals surface area contributed by atoms with Gasteiger partial charge >= 0.3 is 0 Å². The van der Waals surface area contributed by atoms with Gasteiger partial charge in [-0.1, -0.05) is 145 Å². The Morgan fingerprint density at radius 2 is 1.09 bits per heavy atom. The molecule has 2 atom stereocenters. The fourth-order valence-corrected chi connectivity index (χ4v) is 5.58. The Morgan fingerprint density at radius 1 is 0.636 bits per heavy atom. The first-order chi connectivity index (χ1) is 21.3. The zero-order chi connectivity index (χ0) is 32.6. The number of rotatable bonds is 30. The molecule has 0 aliphatic rings. The molecule has 3 N–H and O–H groups in total. The molecule has 0 aromatic heterocycles. The maximum Gasteiger partial charge on any atom is 0.267 e. The Bertz CT molecular complexity index is 920. The fraction of sp³-hybridized carbons (Fsp3) is 0.703. The lowest BCUT2D eigenvalue weighted by atomic mass is 10.1. The van der Waals surface area contributed by atoms with Crippen molar-refractivity contribution in [1.82, 2.24) is 5.32 Å². The minimum Gasteiger partial charge on any atom is -0.387 e. The third kappa shape index (κ3) is 31.5. The Hall–Kier alpha value is -1.96. The standard InChI is InChI=1S/C37H65NO5S/c1-3-5-7-9-11-13-15-16-17-18-19-20-21-22-23-25-27-29-31-33-37(40)38-35(34-44(41,42)43)36(39)32-30-28-26-24-14-12-10-8-6-4-2/h5,7,11,13,16-17,19-20,30,32,35-36,39H,3-4,6,8-10,12,14-15,18,21-29,31,33-34H2,1-2H3,(H,38,40)(H,41,42,43)/b7-5-,13-11-,17-16-,20-19-,32-30+. The van der Waals surface area contributed by atoms with E-state index in [2.05, 4.69) is 67.8 Å². The number of unbranched alkanes of at least 4 members (excludes halogenated alkanes) is 14. The van der Waals surface area contributed by atoms with E-state index >= 15 is 0 Å². The summed E-state index contributed by atoms with van der Waals surface area (Å²) in [4.78, 5) is 12.4. The maximum absolute atomic E-state index is 12.4. The van der Waals surface area contributed by atoms with Gasteiger partial charge in [-0.3, -0.25) is 9.35 Å². The molecule has 0 aromatic carbocycles. The second-order valence-corrected chi connectivity index (χ2v) is 13.3. The summed E-state index contributed by atoms with van der Waals surface area (Å²) in [6.45, 7) is 4.36. The van der Waals surface area contributed by atoms with E-state index in [1.807, 2.05) is 6.08 Å². The normalized spacial score (nSPS) is 14.2. The summed E-state index contributed by atoms with van der Waals surface area (Å²) in [6, 6.07) is -1.06. The second kappa shape index (κ2) is 31.0. The Morgan fingerprint density at radius 3 is 1.61 bits per heavy atom. The van der Waals surface area contributed by atoms with Crippen LogP contribution in [0.2, 0.25) is 0 Å². The van der Waals surface area contributed by atoms with Crippen LogP contribution in [0.1, 0.15) is 149 Å². The molecule has 0 rings (SSSR count). The number of hydrogen-bond donors (Lipinski definition) is 3. The minimum absolute atomic E-state index is 0.276. The average Bonchev–Trinajstić information content (AvgIpc) is 2.98. The molecule has 0 aliphatic carbocycles. The maximum atomic E-state index is 12.4. The largest absolute Gasteiger partial charge is 0.387 e. The van der Waals surface area contributed by atoms with Crippen LogP contribution in [0.3, 0.4) is 0 Å². The molecular formula is C37H65NO5S. The number of aliphatic hydroxyl groups excluding tert-OH is 1. The van der Waals surface area contributed by atoms with Gasteiger partial charge in [-0.15, -0.1) is 0 Å². The number of carbonyl (C=O) groups is 1. The molecule has 0 bridgehead atoms. The quantitative estimate of drug-likeness (QED) is 0.0414. The monoisotopic (exact) mass is 635 g/mol. The second-order valence-electron chi connectivity index (χ2n) is 11.8. The van der Waals surface area contributed by atoms with Crippen LogP contribution in [0.5, 0.6) is 0 Å². The van der Waals surface area contributed by atoms with E-state index in [4.69, 9.17) is 0 Å². The van der Waals surface area contributed by atoms with E-state index in [1.165, 1.54) is 44.6 Å². The zero-order valence-electron chi connectivity index (χ0n) is 28.0. The van der Waals surface area contributed by atoms with E-state index in [-0.39, 0.29) is 12.3 Å². The molecule has 0 heterocycles. The summed E-state index contributed by atoms with van der Waals surface area (Å²) in [5.74, 6) is -1.00. The van der Waals surface area contributed by atoms with Crippen LogP contribution in [-0.4, -0.2) is 41.9 Å². The first kappa shape index (κ1) is 42.0. The van der Waals surface area contributed by atoms with Crippen LogP contribution in [0.4, 0.5) is 0 Å². The average molecular weight is 636 g/mol. The van der Waals surface area contributed by atoms with Crippen LogP contribution in [-0.2, 0) is 14.9 Å². The first-order valence-corrected chi connectivity index (χ1v) is 19.1. The van der Waals surface area contributed by atoms with Gasteiger partial charge in [0.15, 0.2) is 0 Å². The number of carbonyl (C=O) groups excluding carboxylic acids is 1. The Kier molecular flexibility index (Phi) is 29.7. The molecular weight excluding hydrogens is 570 g/mol. The number of amides is 1. The lowest BCUT2D eigenvalue weighted by molar-refractivity contribution is -0.122. The van der Waals surface area contributed by atoms with Crippen molar-refractivity contribution in [1.29, 1.82) is 0 Å². The van der Waals surface area contributed by atoms with E-state index in [1.54, 1.807) is 0 Å². The van der Waals surface area contributed by atoms with E-state index in [9.17, 15) is 22.9 Å². The molecule has 7 heteroatoms. The number of aliphatic hydroxyl groups is 1. The first-order valence-electron chi connectivity index (χ1n) is 17.5. The molecule has 254 valence electrons. The molecule has 0 saturated heterocycles. The fourth-order valence-electron chi connectivity index (χ4n) is 4.85. The SMILES string of the molecule is CC/C=C\C/C=C\C/C=C\C/C=C\CCCCCCCCC(=O)NC(CS(=O)(=O)O)C(O)/C=C/CCCCCCCCCC. The Balaban J connectivity index is 4.02. The smallest absolute Gasteiger partial charge is 0.267 e. The van der Waals surface area contributed by atoms with Crippen LogP contribution >= 0.6 is 0 Å². The number of nitrogens with one attached hydrogen (secondary N) is 1. The molecule has 0 saturated carbocycles. The summed E-state index contributed by atoms with van der Waals surface area (Å²) >= 11 is 0. The van der Waals surface area contributed by atoms with Gasteiger partial charge < -0.3 is 10.4 Å². The van der Waals surface area contributed by atoms with Crippen molar-refractivity contribution in [3.8, 4) is 0 Å². The third-order valence-corrected chi connectivity index (χ3v) is 8.23. The van der Waals surface area contributed by atoms with Crippen molar-refractivity contribution in [2.75, 3.05) is 5.75 Å². The van der Waals surface area contributed by atoms with Gasteiger partial charge in [0.05, 0.1) is 17.9 Å². The lowest BCUT2D eigenvalue weighted by Gasteiger charge is -2.21. The molecule has 0 fully saturated rings. The van der Waals surface area contributed by atoms with Gasteiger partial charge in [-0.05, 0) is 57.8 Å². The summed E-state index contributed by atoms with van der Waals surface area (Å²) in [7, 11) is -4.34. The third-order valence-electron chi connectivity index (χ3n) is 7.45. The van der Waals surface area contributed by atoms with Gasteiger partial charge in [0.1, 0.15) is 0 Å². The van der Waals surface area contributed by atoms with Gasteiger partial charge in [0.2, 0.25) is 5.91 Å². The van der Waals surface area contributed by atoms with Crippen LogP contribution in [0, 0.1) is 0 Å². The molecule has 2 unspecified atom stereocenters. The highest BCUT2D eigenvalue weighted by atomic mass is 32.2. The van der Waals surface area contributed by atoms with Crippen molar-refractivity contribution in [2.24, 2.45) is 0 Å². The summed E-state index contributed by atoms with van der Waals surface area (Å²) in [5.41, 5.74) is 0. The molecule has 1 amide bonds. The zero-order valence-corrected chi connectivity index (χ0v) is 28.8. The van der Waals surface area contributed by atoms with E-state index < -0.39 is 28.0 Å². The predicted molar refractivity (Wildman–Crippen MR) is 188 cm³/mol. The molecule has 0 radical (unpaired) electrons. The Labute approximate surface area is 271 Å². The minimum atomic E-state index is -4.34. The van der Waals surface area contributed by atoms with Crippen LogP contribution in [0.15, 0.2) is 60.8 Å². The molecule has 0 spiro atoms. The molecule has 0 aliphatic heterocycles. The van der Waals surface area contributed by atoms with Gasteiger partial charge in [0.25, 0.3) is 10.1 Å². The lowest BCUT2D eigenvalue weighted by Crippen LogP contribution is -2.46. The van der Waals surface area contributed by atoms with E-state index in [0.717, 1.165) is 83.5 Å². The van der Waals surface area contributed by atoms with Gasteiger partial charge in [0, 0.05) is 6.42 Å². The van der Waals surface area contributed by atoms with Gasteiger partial charge in [-0.25, -0.2) is 0 Å². The van der Waals surface area contributed by atoms with Crippen molar-refractivity contribution < 1.29 is 22.9 Å². The molecule has 6 nitrogen and oxygen atoms in total. The summed E-state index contributed by atoms with van der Waals surface area (Å²) < 4.78 is 32.3. The highest BCUT2D eigenvalue weighted by Gasteiger charge is 2.24. The van der Waals surface area contributed by atoms with Crippen LogP contribution in [0.25, 0.3) is 0 Å². The van der Waals surface area contributed by atoms with Crippen molar-refractivity contribution in [3.05, 3.63) is 60.8 Å². The summed E-state index contributed by atoms with van der Waals surface area (Å²) in [6.07, 6.45) is 42.0. The van der Waals surface area contributed by atoms with Crippen LogP contribution < -0.4 is 5.32 Å². The van der Waals surface area contributed by atoms with Gasteiger partial charge in [-0.2, -0.15) is 8.42 Å². The topological polar surface area (TPSA) is 104 Å². The highest BCUT2D eigenvalue weighted by molar-refractivity contribution is 7.85. The van der Waals surface area contributed by atoms with Crippen molar-refractivity contribution >= 4 is 16.0 Å².